The van der Waals surface area contributed by atoms with Crippen LogP contribution in [0.25, 0.3) is 0 Å². The summed E-state index contributed by atoms with van der Waals surface area (Å²) in [7, 11) is 0. The SMILES string of the molecule is O=C(OC(Cc1cc(Br)c(O)c(Br)c1)C(=O)N1CCC(N2CCN(CCO)CC2)CC1)N1CCC(N2CCc3ccccc3NC2=O)CC1. The lowest BCUT2D eigenvalue weighted by atomic mass is 10.0. The number of hydrogen-bond donors (Lipinski definition) is 3. The van der Waals surface area contributed by atoms with Crippen LogP contribution < -0.4 is 5.32 Å². The Balaban J connectivity index is 1.07. The summed E-state index contributed by atoms with van der Waals surface area (Å²) < 4.78 is 7.00. The number of nitrogens with one attached hydrogen (secondary N) is 1. The monoisotopic (exact) mass is 804 g/mol. The summed E-state index contributed by atoms with van der Waals surface area (Å²) in [5.41, 5.74) is 2.70. The van der Waals surface area contributed by atoms with E-state index in [0.717, 1.165) is 62.3 Å². The molecule has 1 atom stereocenters. The second-order valence-electron chi connectivity index (χ2n) is 13.4. The van der Waals surface area contributed by atoms with Crippen LogP contribution in [0.2, 0.25) is 0 Å². The predicted molar refractivity (Wildman–Crippen MR) is 193 cm³/mol. The number of likely N-dealkylation sites (tertiary alicyclic amines) is 2. The van der Waals surface area contributed by atoms with E-state index in [1.165, 1.54) is 0 Å². The number of nitrogens with zero attached hydrogens (tertiary/aromatic N) is 5. The molecule has 266 valence electrons. The Kier molecular flexibility index (Phi) is 12.0. The maximum Gasteiger partial charge on any atom is 0.410 e. The molecule has 3 fully saturated rings. The average molecular weight is 807 g/mol. The predicted octanol–water partition coefficient (Wildman–Crippen LogP) is 4.12. The van der Waals surface area contributed by atoms with Gasteiger partial charge in [-0.2, -0.15) is 0 Å². The smallest absolute Gasteiger partial charge is 0.410 e. The Hall–Kier alpha value is -2.91. The second-order valence-corrected chi connectivity index (χ2v) is 15.1. The van der Waals surface area contributed by atoms with E-state index in [2.05, 4.69) is 47.0 Å². The zero-order chi connectivity index (χ0) is 34.5. The Bertz CT molecular complexity index is 1470. The first-order valence-corrected chi connectivity index (χ1v) is 18.9. The minimum Gasteiger partial charge on any atom is -0.506 e. The zero-order valence-corrected chi connectivity index (χ0v) is 30.9. The van der Waals surface area contributed by atoms with Gasteiger partial charge >= 0.3 is 12.1 Å². The lowest BCUT2D eigenvalue weighted by Gasteiger charge is -2.43. The van der Waals surface area contributed by atoms with Crippen LogP contribution in [0.15, 0.2) is 45.3 Å². The van der Waals surface area contributed by atoms with Gasteiger partial charge in [0.25, 0.3) is 5.91 Å². The summed E-state index contributed by atoms with van der Waals surface area (Å²) in [6.45, 7) is 7.30. The van der Waals surface area contributed by atoms with Gasteiger partial charge in [-0.25, -0.2) is 9.59 Å². The summed E-state index contributed by atoms with van der Waals surface area (Å²) in [6, 6.07) is 11.6. The van der Waals surface area contributed by atoms with Crippen molar-refractivity contribution in [3.63, 3.8) is 0 Å². The molecule has 0 radical (unpaired) electrons. The van der Waals surface area contributed by atoms with E-state index in [0.29, 0.717) is 67.1 Å². The largest absolute Gasteiger partial charge is 0.506 e. The molecule has 49 heavy (non-hydrogen) atoms. The number of phenols is 1. The minimum absolute atomic E-state index is 0.00133. The number of anilines is 1. The number of piperidine rings is 2. The number of urea groups is 1. The first-order chi connectivity index (χ1) is 23.7. The van der Waals surface area contributed by atoms with Gasteiger partial charge in [0.05, 0.1) is 15.6 Å². The van der Waals surface area contributed by atoms with Crippen molar-refractivity contribution in [2.24, 2.45) is 0 Å². The third-order valence-corrected chi connectivity index (χ3v) is 11.6. The van der Waals surface area contributed by atoms with E-state index in [1.807, 2.05) is 34.1 Å². The molecule has 3 N–H and O–H groups in total. The number of halogens is 2. The van der Waals surface area contributed by atoms with Gasteiger partial charge in [0.2, 0.25) is 0 Å². The van der Waals surface area contributed by atoms with Gasteiger partial charge in [0.1, 0.15) is 5.75 Å². The molecule has 12 nitrogen and oxygen atoms in total. The molecule has 0 spiro atoms. The van der Waals surface area contributed by atoms with E-state index in [1.54, 1.807) is 17.0 Å². The van der Waals surface area contributed by atoms with Crippen LogP contribution in [-0.4, -0.2) is 143 Å². The zero-order valence-electron chi connectivity index (χ0n) is 27.7. The third-order valence-electron chi connectivity index (χ3n) is 10.4. The fourth-order valence-electron chi connectivity index (χ4n) is 7.57. The number of β-amino-alcohol motifs (C(OH)–C–C–N with tert-alkyl or cyclic N) is 1. The summed E-state index contributed by atoms with van der Waals surface area (Å²) in [5.74, 6) is -0.150. The number of ether oxygens (including phenoxy) is 1. The molecule has 0 bridgehead atoms. The van der Waals surface area contributed by atoms with Gasteiger partial charge in [-0.05, 0) is 93.3 Å². The second kappa shape index (κ2) is 16.4. The first-order valence-electron chi connectivity index (χ1n) is 17.3. The van der Waals surface area contributed by atoms with Gasteiger partial charge in [-0.1, -0.05) is 18.2 Å². The number of amides is 4. The van der Waals surface area contributed by atoms with Crippen LogP contribution in [0, 0.1) is 0 Å². The Morgan fingerprint density at radius 2 is 1.51 bits per heavy atom. The van der Waals surface area contributed by atoms with E-state index < -0.39 is 12.2 Å². The quantitative estimate of drug-likeness (QED) is 0.364. The maximum atomic E-state index is 14.0. The van der Waals surface area contributed by atoms with Gasteiger partial charge in [-0.15, -0.1) is 0 Å². The molecule has 2 aromatic carbocycles. The average Bonchev–Trinajstić information content (AvgIpc) is 3.28. The summed E-state index contributed by atoms with van der Waals surface area (Å²) >= 11 is 6.77. The number of aliphatic hydroxyl groups excluding tert-OH is 1. The van der Waals surface area contributed by atoms with Crippen LogP contribution in [0.3, 0.4) is 0 Å². The number of benzene rings is 2. The van der Waals surface area contributed by atoms with Crippen molar-refractivity contribution in [1.82, 2.24) is 24.5 Å². The van der Waals surface area contributed by atoms with Crippen LogP contribution in [-0.2, 0) is 22.4 Å². The van der Waals surface area contributed by atoms with E-state index in [-0.39, 0.29) is 36.8 Å². The number of fused-ring (bicyclic) bond motifs is 1. The molecule has 0 aromatic heterocycles. The lowest BCUT2D eigenvalue weighted by Crippen LogP contribution is -2.55. The summed E-state index contributed by atoms with van der Waals surface area (Å²) in [4.78, 5) is 50.9. The number of piperazine rings is 1. The highest BCUT2D eigenvalue weighted by atomic mass is 79.9. The number of aromatic hydroxyl groups is 1. The van der Waals surface area contributed by atoms with Crippen LogP contribution in [0.4, 0.5) is 15.3 Å². The number of phenolic OH excluding ortho intramolecular Hbond substituents is 1. The Labute approximate surface area is 304 Å². The van der Waals surface area contributed by atoms with Crippen LogP contribution >= 0.6 is 31.9 Å². The van der Waals surface area contributed by atoms with E-state index in [9.17, 15) is 24.6 Å². The van der Waals surface area contributed by atoms with Crippen molar-refractivity contribution in [2.75, 3.05) is 77.4 Å². The van der Waals surface area contributed by atoms with E-state index in [4.69, 9.17) is 4.74 Å². The number of para-hydroxylation sites is 1. The minimum atomic E-state index is -1.03. The number of carbonyl (C=O) groups excluding carboxylic acids is 3. The summed E-state index contributed by atoms with van der Waals surface area (Å²) in [6.07, 6.45) is 2.33. The third kappa shape index (κ3) is 8.70. The molecule has 0 saturated carbocycles. The van der Waals surface area contributed by atoms with Crippen LogP contribution in [0.5, 0.6) is 5.75 Å². The molecule has 4 heterocycles. The van der Waals surface area contributed by atoms with Gasteiger partial charge in [0.15, 0.2) is 6.10 Å². The standard InChI is InChI=1S/C35H46Br2N6O6/c36-28-21-24(22-29(37)32(28)45)23-31(33(46)41-10-6-26(7-11-41)40-17-15-39(16-18-40)19-20-44)49-35(48)42-12-8-27(9-13-42)43-14-5-25-3-1-2-4-30(25)38-34(43)47/h1-4,21-22,26-27,31,44-45H,5-20,23H2,(H,38,47). The molecule has 3 saturated heterocycles. The summed E-state index contributed by atoms with van der Waals surface area (Å²) in [5, 5.41) is 22.6. The van der Waals surface area contributed by atoms with Crippen molar-refractivity contribution >= 4 is 55.6 Å². The first kappa shape index (κ1) is 35.9. The van der Waals surface area contributed by atoms with Gasteiger partial charge in [0, 0.05) is 89.6 Å². The lowest BCUT2D eigenvalue weighted by molar-refractivity contribution is -0.142. The number of aliphatic hydroxyl groups is 1. The molecule has 6 rings (SSSR count). The highest BCUT2D eigenvalue weighted by molar-refractivity contribution is 9.11. The number of carbonyl (C=O) groups is 3. The molecule has 14 heteroatoms. The molecule has 4 aliphatic rings. The van der Waals surface area contributed by atoms with Crippen molar-refractivity contribution < 1.29 is 29.3 Å². The molecule has 4 aliphatic heterocycles. The normalized spacial score (nSPS) is 20.8. The van der Waals surface area contributed by atoms with E-state index >= 15 is 0 Å². The molecule has 1 unspecified atom stereocenters. The molecular formula is C35H46Br2N6O6. The van der Waals surface area contributed by atoms with Gasteiger partial charge in [-0.3, -0.25) is 14.6 Å². The van der Waals surface area contributed by atoms with Crippen molar-refractivity contribution in [2.45, 2.75) is 56.7 Å². The van der Waals surface area contributed by atoms with Crippen molar-refractivity contribution in [3.8, 4) is 5.75 Å². The highest BCUT2D eigenvalue weighted by Crippen LogP contribution is 2.34. The number of hydrogen-bond acceptors (Lipinski definition) is 8. The van der Waals surface area contributed by atoms with Gasteiger partial charge < -0.3 is 35.0 Å². The van der Waals surface area contributed by atoms with Crippen molar-refractivity contribution in [1.29, 1.82) is 0 Å². The molecule has 2 aromatic rings. The molecule has 4 amide bonds. The number of rotatable bonds is 8. The van der Waals surface area contributed by atoms with Crippen molar-refractivity contribution in [3.05, 3.63) is 56.5 Å². The maximum absolute atomic E-state index is 14.0. The Morgan fingerprint density at radius 1 is 0.878 bits per heavy atom. The fraction of sp³-hybridized carbons (Fsp3) is 0.571. The molecular weight excluding hydrogens is 760 g/mol. The topological polar surface area (TPSA) is 129 Å². The fourth-order valence-corrected chi connectivity index (χ4v) is 8.85. The Morgan fingerprint density at radius 3 is 2.18 bits per heavy atom. The highest BCUT2D eigenvalue weighted by Gasteiger charge is 2.36. The van der Waals surface area contributed by atoms with Crippen LogP contribution in [0.1, 0.15) is 36.8 Å². The molecule has 0 aliphatic carbocycles.